The van der Waals surface area contributed by atoms with Gasteiger partial charge in [0.2, 0.25) is 0 Å². The van der Waals surface area contributed by atoms with Crippen molar-refractivity contribution in [2.75, 3.05) is 33.5 Å². The van der Waals surface area contributed by atoms with Gasteiger partial charge in [-0.15, -0.1) is 26.3 Å². The van der Waals surface area contributed by atoms with Crippen LogP contribution in [0.1, 0.15) is 76.8 Å². The average molecular weight is 1130 g/mol. The number of hydrogen-bond donors (Lipinski definition) is 1. The molecule has 17 nitrogen and oxygen atoms in total. The maximum absolute atomic E-state index is 13.5. The number of halogens is 6. The minimum Gasteiger partial charge on any atom is -0.400 e. The number of pyridine rings is 2. The zero-order valence-corrected chi connectivity index (χ0v) is 42.0. The number of aliphatic hydroxyl groups is 1. The normalized spacial score (nSPS) is 17.5. The molecule has 0 radical (unpaired) electrons. The third kappa shape index (κ3) is 11.0. The van der Waals surface area contributed by atoms with E-state index in [1.807, 2.05) is 12.1 Å². The molecule has 1 saturated carbocycles. The predicted molar refractivity (Wildman–Crippen MR) is 276 cm³/mol. The van der Waals surface area contributed by atoms with Crippen LogP contribution in [0.4, 0.5) is 26.3 Å². The van der Waals surface area contributed by atoms with E-state index >= 15 is 0 Å². The minimum atomic E-state index is -4.70. The zero-order chi connectivity index (χ0) is 53.7. The van der Waals surface area contributed by atoms with Crippen LogP contribution in [0.5, 0.6) is 0 Å². The number of ether oxygens (including phenoxy) is 4. The Bertz CT molecular complexity index is 3650. The number of alkyl halides is 6. The third-order valence-electron chi connectivity index (χ3n) is 13.8. The molecule has 3 fully saturated rings. The predicted octanol–water partition coefficient (Wildman–Crippen LogP) is 10.8. The summed E-state index contributed by atoms with van der Waals surface area (Å²) in [6, 6.07) is 19.2. The summed E-state index contributed by atoms with van der Waals surface area (Å²) in [7, 11) is -7.13. The number of benzene rings is 2. The lowest BCUT2D eigenvalue weighted by atomic mass is 9.81. The van der Waals surface area contributed by atoms with Crippen molar-refractivity contribution in [3.8, 4) is 22.3 Å². The van der Waals surface area contributed by atoms with Crippen LogP contribution in [0.2, 0.25) is 0 Å². The van der Waals surface area contributed by atoms with E-state index in [9.17, 15) is 43.2 Å². The summed E-state index contributed by atoms with van der Waals surface area (Å²) in [6.45, 7) is 2.26. The van der Waals surface area contributed by atoms with Gasteiger partial charge in [0.25, 0.3) is 20.0 Å². The highest BCUT2D eigenvalue weighted by molar-refractivity contribution is 7.90. The molecule has 1 N–H and O–H groups in total. The summed E-state index contributed by atoms with van der Waals surface area (Å²) in [5, 5.41) is 14.7. The van der Waals surface area contributed by atoms with Gasteiger partial charge in [-0.05, 0) is 78.3 Å². The van der Waals surface area contributed by atoms with Gasteiger partial charge < -0.3 is 24.1 Å². The number of nitrogens with zero attached hydrogens (tertiary/aromatic N) is 8. The first kappa shape index (κ1) is 57.4. The summed E-state index contributed by atoms with van der Waals surface area (Å²) in [5.74, 6) is -1.00. The standard InChI is InChI=1S/C25H23F3N4O4S.C25H21F3N4O4S.CH4O.2CH4/c2*26-25(27,28)32-15-19(14-30-32)22-16-31(37(33,34)20-4-2-1-3-5-20)23-21(22)12-18(13-29-23)17-6-8-24(9-7-17)35-10-11-36-24;1-2;;/h1-5,12-17H,6-11H2;1-6,12-16H,7-11H2;2H,1H3;2*1H4. The first-order valence-electron chi connectivity index (χ1n) is 23.9. The zero-order valence-electron chi connectivity index (χ0n) is 40.4. The van der Waals surface area contributed by atoms with E-state index in [4.69, 9.17) is 24.1 Å². The molecule has 2 aliphatic carbocycles. The Kier molecular flexibility index (Phi) is 16.3. The number of aromatic nitrogens is 8. The van der Waals surface area contributed by atoms with E-state index in [0.29, 0.717) is 62.0 Å². The molecular formula is C53H56F6N8O9S2. The lowest BCUT2D eigenvalue weighted by Gasteiger charge is -2.35. The molecule has 8 heterocycles. The van der Waals surface area contributed by atoms with Gasteiger partial charge in [0, 0.05) is 103 Å². The van der Waals surface area contributed by atoms with Crippen molar-refractivity contribution in [3.63, 3.8) is 0 Å². The molecule has 78 heavy (non-hydrogen) atoms. The molecule has 6 aromatic heterocycles. The third-order valence-corrected chi connectivity index (χ3v) is 17.1. The summed E-state index contributed by atoms with van der Waals surface area (Å²) < 4.78 is 158. The largest absolute Gasteiger partial charge is 0.504 e. The van der Waals surface area contributed by atoms with E-state index in [0.717, 1.165) is 82.2 Å². The Hall–Kier alpha value is -6.74. The molecule has 0 unspecified atom stereocenters. The second-order valence-electron chi connectivity index (χ2n) is 18.3. The summed E-state index contributed by atoms with van der Waals surface area (Å²) in [5.41, 5.74) is 3.69. The number of aliphatic hydroxyl groups excluding tert-OH is 1. The highest BCUT2D eigenvalue weighted by Gasteiger charge is 2.42. The molecule has 12 rings (SSSR count). The Morgan fingerprint density at radius 3 is 1.46 bits per heavy atom. The molecule has 0 amide bonds. The number of allylic oxidation sites excluding steroid dienone is 1. The molecule has 416 valence electrons. The van der Waals surface area contributed by atoms with Gasteiger partial charge in [-0.3, -0.25) is 0 Å². The summed E-state index contributed by atoms with van der Waals surface area (Å²) >= 11 is 0. The Balaban J connectivity index is 0.000000195. The second kappa shape index (κ2) is 22.2. The van der Waals surface area contributed by atoms with Crippen LogP contribution in [-0.4, -0.2) is 105 Å². The Morgan fingerprint density at radius 2 is 1.03 bits per heavy atom. The van der Waals surface area contributed by atoms with Gasteiger partial charge in [0.05, 0.1) is 48.6 Å². The lowest BCUT2D eigenvalue weighted by molar-refractivity contribution is -0.213. The van der Waals surface area contributed by atoms with Gasteiger partial charge >= 0.3 is 12.6 Å². The summed E-state index contributed by atoms with van der Waals surface area (Å²) in [4.78, 5) is 9.06. The van der Waals surface area contributed by atoms with E-state index in [1.165, 1.54) is 36.7 Å². The fraction of sp³-hybridized carbons (Fsp3) is 0.358. The van der Waals surface area contributed by atoms with Gasteiger partial charge in [0.1, 0.15) is 0 Å². The van der Waals surface area contributed by atoms with Crippen LogP contribution in [0.3, 0.4) is 0 Å². The Morgan fingerprint density at radius 1 is 0.577 bits per heavy atom. The van der Waals surface area contributed by atoms with E-state index in [-0.39, 0.29) is 67.9 Å². The van der Waals surface area contributed by atoms with Crippen LogP contribution in [0.15, 0.2) is 138 Å². The number of fused-ring (bicyclic) bond motifs is 2. The lowest BCUT2D eigenvalue weighted by Crippen LogP contribution is -2.34. The van der Waals surface area contributed by atoms with Crippen molar-refractivity contribution >= 4 is 47.7 Å². The molecule has 2 saturated heterocycles. The van der Waals surface area contributed by atoms with Crippen molar-refractivity contribution in [2.45, 2.75) is 99.7 Å². The van der Waals surface area contributed by atoms with Crippen molar-refractivity contribution < 1.29 is 67.2 Å². The van der Waals surface area contributed by atoms with Gasteiger partial charge in [0.15, 0.2) is 22.9 Å². The highest BCUT2D eigenvalue weighted by atomic mass is 32.2. The van der Waals surface area contributed by atoms with Crippen LogP contribution < -0.4 is 0 Å². The van der Waals surface area contributed by atoms with Crippen molar-refractivity contribution in [2.24, 2.45) is 0 Å². The topological polar surface area (TPSA) is 197 Å². The number of hydrogen-bond acceptors (Lipinski definition) is 13. The van der Waals surface area contributed by atoms with E-state index in [1.54, 1.807) is 54.9 Å². The SMILES string of the molecule is C.C.CO.O=S(=O)(c1ccccc1)n1cc(-c2cnn(C(F)(F)F)c2)c2cc(C3=CCC4(CC3)OCCO4)cnc21.O=S(=O)(c1ccccc1)n1cc(-c2cnn(C(F)(F)F)c2)c2cc(C3CCC4(CC3)OCCO4)cnc21. The fourth-order valence-electron chi connectivity index (χ4n) is 10.0. The first-order valence-corrected chi connectivity index (χ1v) is 26.8. The van der Waals surface area contributed by atoms with E-state index in [2.05, 4.69) is 20.2 Å². The van der Waals surface area contributed by atoms with Crippen LogP contribution in [-0.2, 0) is 51.6 Å². The molecule has 2 spiro atoms. The maximum atomic E-state index is 13.5. The van der Waals surface area contributed by atoms with Crippen molar-refractivity contribution in [1.29, 1.82) is 0 Å². The molecule has 25 heteroatoms. The van der Waals surface area contributed by atoms with Crippen molar-refractivity contribution in [3.05, 3.63) is 140 Å². The van der Waals surface area contributed by atoms with Crippen LogP contribution >= 0.6 is 0 Å². The smallest absolute Gasteiger partial charge is 0.400 e. The molecule has 2 aliphatic heterocycles. The van der Waals surface area contributed by atoms with E-state index < -0.39 is 44.2 Å². The molecule has 8 aromatic rings. The number of rotatable bonds is 8. The Labute approximate surface area is 445 Å². The van der Waals surface area contributed by atoms with Gasteiger partial charge in [-0.25, -0.2) is 34.7 Å². The average Bonchev–Trinajstić information content (AvgIpc) is 4.32. The van der Waals surface area contributed by atoms with Crippen molar-refractivity contribution in [1.82, 2.24) is 37.5 Å². The molecule has 0 bridgehead atoms. The van der Waals surface area contributed by atoms with Gasteiger partial charge in [-0.1, -0.05) is 57.3 Å². The molecular weight excluding hydrogens is 1070 g/mol. The minimum absolute atomic E-state index is 0. The second-order valence-corrected chi connectivity index (χ2v) is 21.9. The summed E-state index contributed by atoms with van der Waals surface area (Å²) in [6.07, 6.45) is 7.19. The van der Waals surface area contributed by atoms with Gasteiger partial charge in [-0.2, -0.15) is 19.6 Å². The molecule has 4 aliphatic rings. The molecule has 2 aromatic carbocycles. The quantitative estimate of drug-likeness (QED) is 0.141. The van der Waals surface area contributed by atoms with Crippen LogP contribution in [0.25, 0.3) is 49.9 Å². The maximum Gasteiger partial charge on any atom is 0.504 e. The highest BCUT2D eigenvalue weighted by Crippen LogP contribution is 2.45. The van der Waals surface area contributed by atoms with Crippen LogP contribution in [0, 0.1) is 0 Å². The first-order chi connectivity index (χ1) is 36.3. The monoisotopic (exact) mass is 1130 g/mol. The molecule has 0 atom stereocenters. The fourth-order valence-corrected chi connectivity index (χ4v) is 12.7.